The van der Waals surface area contributed by atoms with Crippen LogP contribution < -0.4 is 14.8 Å². The molecule has 0 amide bonds. The molecule has 2 aromatic rings. The Labute approximate surface area is 129 Å². The molecule has 0 fully saturated rings. The fourth-order valence-corrected chi connectivity index (χ4v) is 1.91. The first-order chi connectivity index (χ1) is 10.6. The lowest BCUT2D eigenvalue weighted by molar-refractivity contribution is 0.234. The lowest BCUT2D eigenvalue weighted by Crippen LogP contribution is -2.23. The van der Waals surface area contributed by atoms with E-state index in [1.165, 1.54) is 6.07 Å². The first kappa shape index (κ1) is 15.6. The summed E-state index contributed by atoms with van der Waals surface area (Å²) < 4.78 is 24.5. The van der Waals surface area contributed by atoms with Gasteiger partial charge in [0.2, 0.25) is 0 Å². The predicted octanol–water partition coefficient (Wildman–Crippen LogP) is 3.59. The van der Waals surface area contributed by atoms with Crippen LogP contribution in [0, 0.1) is 17.1 Å². The number of benzene rings is 2. The summed E-state index contributed by atoms with van der Waals surface area (Å²) in [5.74, 6) is 1.03. The smallest absolute Gasteiger partial charge is 0.147 e. The molecule has 5 heteroatoms. The molecule has 0 aromatic heterocycles. The van der Waals surface area contributed by atoms with Crippen LogP contribution in [0.1, 0.15) is 12.5 Å². The molecule has 2 aromatic carbocycles. The Hall–Kier alpha value is -2.74. The average molecular weight is 300 g/mol. The molecule has 4 nitrogen and oxygen atoms in total. The lowest BCUT2D eigenvalue weighted by Gasteiger charge is -2.16. The maximum absolute atomic E-state index is 13.7. The van der Waals surface area contributed by atoms with Crippen molar-refractivity contribution in [1.29, 1.82) is 5.26 Å². The molecule has 0 aliphatic carbocycles. The van der Waals surface area contributed by atoms with Crippen molar-refractivity contribution in [3.8, 4) is 17.6 Å². The minimum absolute atomic E-state index is 0.150. The number of nitriles is 1. The van der Waals surface area contributed by atoms with Crippen molar-refractivity contribution in [2.75, 3.05) is 19.0 Å². The molecule has 0 aliphatic heterocycles. The SMILES string of the molecule is COc1ccc(OC(C)CNc2ccc(C#N)cc2F)cc1. The van der Waals surface area contributed by atoms with Crippen molar-refractivity contribution >= 4 is 5.69 Å². The molecule has 0 heterocycles. The quantitative estimate of drug-likeness (QED) is 0.886. The van der Waals surface area contributed by atoms with Crippen molar-refractivity contribution in [3.05, 3.63) is 53.8 Å². The number of anilines is 1. The largest absolute Gasteiger partial charge is 0.497 e. The highest BCUT2D eigenvalue weighted by atomic mass is 19.1. The molecule has 0 saturated heterocycles. The Bertz CT molecular complexity index is 665. The molecule has 2 rings (SSSR count). The number of ether oxygens (including phenoxy) is 2. The van der Waals surface area contributed by atoms with Crippen LogP contribution in [0.4, 0.5) is 10.1 Å². The van der Waals surface area contributed by atoms with E-state index >= 15 is 0 Å². The van der Waals surface area contributed by atoms with Gasteiger partial charge in [-0.25, -0.2) is 4.39 Å². The highest BCUT2D eigenvalue weighted by Gasteiger charge is 2.07. The summed E-state index contributed by atoms with van der Waals surface area (Å²) in [6, 6.07) is 13.5. The van der Waals surface area contributed by atoms with E-state index in [9.17, 15) is 4.39 Å². The first-order valence-electron chi connectivity index (χ1n) is 6.86. The van der Waals surface area contributed by atoms with Crippen LogP contribution in [0.25, 0.3) is 0 Å². The third kappa shape index (κ3) is 4.13. The van der Waals surface area contributed by atoms with E-state index in [1.54, 1.807) is 19.2 Å². The fourth-order valence-electron chi connectivity index (χ4n) is 1.91. The third-order valence-corrected chi connectivity index (χ3v) is 3.07. The number of hydrogen-bond acceptors (Lipinski definition) is 4. The summed E-state index contributed by atoms with van der Waals surface area (Å²) in [5, 5.41) is 11.7. The standard InChI is InChI=1S/C17H17FN2O2/c1-12(22-15-6-4-14(21-2)5-7-15)11-20-17-8-3-13(10-19)9-16(17)18/h3-9,12,20H,11H2,1-2H3. The minimum Gasteiger partial charge on any atom is -0.497 e. The van der Waals surface area contributed by atoms with Gasteiger partial charge in [0.25, 0.3) is 0 Å². The topological polar surface area (TPSA) is 54.3 Å². The van der Waals surface area contributed by atoms with Gasteiger partial charge in [-0.2, -0.15) is 5.26 Å². The van der Waals surface area contributed by atoms with Crippen LogP contribution in [0.15, 0.2) is 42.5 Å². The Morgan fingerprint density at radius 1 is 1.18 bits per heavy atom. The number of nitrogens with one attached hydrogen (secondary N) is 1. The minimum atomic E-state index is -0.448. The molecule has 0 aliphatic rings. The van der Waals surface area contributed by atoms with Crippen LogP contribution in [0.3, 0.4) is 0 Å². The van der Waals surface area contributed by atoms with Crippen LogP contribution in [-0.2, 0) is 0 Å². The van der Waals surface area contributed by atoms with E-state index in [0.717, 1.165) is 11.5 Å². The van der Waals surface area contributed by atoms with E-state index in [4.69, 9.17) is 14.7 Å². The van der Waals surface area contributed by atoms with Gasteiger partial charge < -0.3 is 14.8 Å². The van der Waals surface area contributed by atoms with Gasteiger partial charge in [-0.05, 0) is 49.4 Å². The maximum Gasteiger partial charge on any atom is 0.147 e. The lowest BCUT2D eigenvalue weighted by atomic mass is 10.2. The summed E-state index contributed by atoms with van der Waals surface area (Å²) in [4.78, 5) is 0. The second-order valence-corrected chi connectivity index (χ2v) is 4.79. The van der Waals surface area contributed by atoms with Gasteiger partial charge in [-0.15, -0.1) is 0 Å². The Morgan fingerprint density at radius 3 is 2.45 bits per heavy atom. The molecule has 0 spiro atoms. The van der Waals surface area contributed by atoms with Crippen LogP contribution >= 0.6 is 0 Å². The van der Waals surface area contributed by atoms with Crippen molar-refractivity contribution in [2.24, 2.45) is 0 Å². The normalized spacial score (nSPS) is 11.4. The summed E-state index contributed by atoms with van der Waals surface area (Å²) in [7, 11) is 1.61. The number of hydrogen-bond donors (Lipinski definition) is 1. The van der Waals surface area contributed by atoms with Gasteiger partial charge in [0.05, 0.1) is 31.0 Å². The molecule has 22 heavy (non-hydrogen) atoms. The highest BCUT2D eigenvalue weighted by Crippen LogP contribution is 2.19. The Morgan fingerprint density at radius 2 is 1.86 bits per heavy atom. The van der Waals surface area contributed by atoms with Crippen LogP contribution in [0.5, 0.6) is 11.5 Å². The monoisotopic (exact) mass is 300 g/mol. The molecule has 1 atom stereocenters. The zero-order valence-corrected chi connectivity index (χ0v) is 12.5. The summed E-state index contributed by atoms with van der Waals surface area (Å²) in [5.41, 5.74) is 0.648. The summed E-state index contributed by atoms with van der Waals surface area (Å²) >= 11 is 0. The molecule has 0 radical (unpaired) electrons. The molecule has 114 valence electrons. The van der Waals surface area contributed by atoms with Gasteiger partial charge in [-0.1, -0.05) is 0 Å². The number of methoxy groups -OCH3 is 1. The van der Waals surface area contributed by atoms with Crippen LogP contribution in [0.2, 0.25) is 0 Å². The Kier molecular flexibility index (Phi) is 5.21. The van der Waals surface area contributed by atoms with E-state index in [0.29, 0.717) is 17.8 Å². The first-order valence-corrected chi connectivity index (χ1v) is 6.86. The molecule has 1 N–H and O–H groups in total. The Balaban J connectivity index is 1.89. The van der Waals surface area contributed by atoms with Gasteiger partial charge in [0.1, 0.15) is 23.4 Å². The molecule has 0 bridgehead atoms. The number of halogens is 1. The van der Waals surface area contributed by atoms with Crippen molar-refractivity contribution in [1.82, 2.24) is 0 Å². The molecule has 0 saturated carbocycles. The van der Waals surface area contributed by atoms with Crippen LogP contribution in [-0.4, -0.2) is 19.8 Å². The second-order valence-electron chi connectivity index (χ2n) is 4.79. The van der Waals surface area contributed by atoms with E-state index < -0.39 is 5.82 Å². The molecule has 1 unspecified atom stereocenters. The van der Waals surface area contributed by atoms with Gasteiger partial charge in [0, 0.05) is 0 Å². The summed E-state index contributed by atoms with van der Waals surface area (Å²) in [6.45, 7) is 2.33. The number of rotatable bonds is 6. The van der Waals surface area contributed by atoms with E-state index in [1.807, 2.05) is 37.3 Å². The molecular formula is C17H17FN2O2. The van der Waals surface area contributed by atoms with Gasteiger partial charge in [0.15, 0.2) is 0 Å². The predicted molar refractivity (Wildman–Crippen MR) is 82.7 cm³/mol. The number of nitrogens with zero attached hydrogens (tertiary/aromatic N) is 1. The van der Waals surface area contributed by atoms with Crippen molar-refractivity contribution in [3.63, 3.8) is 0 Å². The van der Waals surface area contributed by atoms with Gasteiger partial charge >= 0.3 is 0 Å². The summed E-state index contributed by atoms with van der Waals surface area (Å²) in [6.07, 6.45) is -0.150. The second kappa shape index (κ2) is 7.32. The van der Waals surface area contributed by atoms with Crippen molar-refractivity contribution < 1.29 is 13.9 Å². The average Bonchev–Trinajstić information content (AvgIpc) is 2.54. The maximum atomic E-state index is 13.7. The molecular weight excluding hydrogens is 283 g/mol. The van der Waals surface area contributed by atoms with E-state index in [2.05, 4.69) is 5.32 Å². The van der Waals surface area contributed by atoms with Crippen molar-refractivity contribution in [2.45, 2.75) is 13.0 Å². The van der Waals surface area contributed by atoms with E-state index in [-0.39, 0.29) is 6.10 Å². The highest BCUT2D eigenvalue weighted by molar-refractivity contribution is 5.48. The zero-order valence-electron chi connectivity index (χ0n) is 12.5. The third-order valence-electron chi connectivity index (χ3n) is 3.07. The fraction of sp³-hybridized carbons (Fsp3) is 0.235. The van der Waals surface area contributed by atoms with Gasteiger partial charge in [-0.3, -0.25) is 0 Å². The zero-order chi connectivity index (χ0) is 15.9.